The van der Waals surface area contributed by atoms with E-state index in [0.717, 1.165) is 19.3 Å². The van der Waals surface area contributed by atoms with Crippen molar-refractivity contribution in [3.63, 3.8) is 0 Å². The Kier molecular flexibility index (Phi) is 5.45. The van der Waals surface area contributed by atoms with Crippen molar-refractivity contribution in [2.75, 3.05) is 19.6 Å². The molecule has 1 atom stereocenters. The number of hydrogen-bond acceptors (Lipinski definition) is 4. The van der Waals surface area contributed by atoms with Crippen molar-refractivity contribution in [3.05, 3.63) is 30.1 Å². The molecule has 1 aliphatic carbocycles. The second-order valence-electron chi connectivity index (χ2n) is 6.74. The monoisotopic (exact) mass is 331 g/mol. The van der Waals surface area contributed by atoms with E-state index in [1.807, 2.05) is 11.0 Å². The minimum atomic E-state index is -0.796. The number of likely N-dealkylation sites (tertiary alicyclic amines) is 1. The lowest BCUT2D eigenvalue weighted by Crippen LogP contribution is -2.46. The average molecular weight is 331 g/mol. The first-order chi connectivity index (χ1) is 11.6. The lowest BCUT2D eigenvalue weighted by molar-refractivity contribution is -0.141. The topological polar surface area (TPSA) is 82.5 Å². The SMILES string of the molecule is O=C(NCC(O)c1ccccn1)C1CCN(C(=O)C2CCC2)CC1. The molecule has 2 amide bonds. The Morgan fingerprint density at radius 3 is 2.54 bits per heavy atom. The summed E-state index contributed by atoms with van der Waals surface area (Å²) in [6.45, 7) is 1.49. The smallest absolute Gasteiger partial charge is 0.225 e. The van der Waals surface area contributed by atoms with Gasteiger partial charge < -0.3 is 15.3 Å². The van der Waals surface area contributed by atoms with Crippen LogP contribution in [0.5, 0.6) is 0 Å². The summed E-state index contributed by atoms with van der Waals surface area (Å²) < 4.78 is 0. The molecule has 2 aliphatic rings. The molecular formula is C18H25N3O3. The number of amides is 2. The van der Waals surface area contributed by atoms with Crippen LogP contribution >= 0.6 is 0 Å². The molecule has 0 spiro atoms. The molecule has 0 aromatic carbocycles. The van der Waals surface area contributed by atoms with Crippen molar-refractivity contribution < 1.29 is 14.7 Å². The number of carbonyl (C=O) groups is 2. The van der Waals surface area contributed by atoms with Crippen LogP contribution in [0.1, 0.15) is 43.9 Å². The highest BCUT2D eigenvalue weighted by molar-refractivity contribution is 5.81. The summed E-state index contributed by atoms with van der Waals surface area (Å²) in [7, 11) is 0. The zero-order chi connectivity index (χ0) is 16.9. The molecule has 2 fully saturated rings. The van der Waals surface area contributed by atoms with Gasteiger partial charge in [0.05, 0.1) is 5.69 Å². The first kappa shape index (κ1) is 16.9. The third-order valence-corrected chi connectivity index (χ3v) is 5.13. The number of piperidine rings is 1. The standard InChI is InChI=1S/C18H25N3O3/c22-16(15-6-1-2-9-19-15)12-20-17(23)13-7-10-21(11-8-13)18(24)14-4-3-5-14/h1-2,6,9,13-14,16,22H,3-5,7-8,10-12H2,(H,20,23). The van der Waals surface area contributed by atoms with Crippen molar-refractivity contribution >= 4 is 11.8 Å². The zero-order valence-corrected chi connectivity index (χ0v) is 13.9. The van der Waals surface area contributed by atoms with Crippen molar-refractivity contribution in [1.29, 1.82) is 0 Å². The number of rotatable bonds is 5. The average Bonchev–Trinajstić information content (AvgIpc) is 2.58. The second-order valence-corrected chi connectivity index (χ2v) is 6.74. The fourth-order valence-corrected chi connectivity index (χ4v) is 3.29. The summed E-state index contributed by atoms with van der Waals surface area (Å²) in [6, 6.07) is 5.33. The number of nitrogens with zero attached hydrogens (tertiary/aromatic N) is 2. The number of carbonyl (C=O) groups excluding carboxylic acids is 2. The third kappa shape index (κ3) is 3.93. The molecule has 130 valence electrons. The molecule has 0 radical (unpaired) electrons. The highest BCUT2D eigenvalue weighted by atomic mass is 16.3. The summed E-state index contributed by atoms with van der Waals surface area (Å²) in [5, 5.41) is 12.9. The Morgan fingerprint density at radius 1 is 1.21 bits per heavy atom. The predicted molar refractivity (Wildman–Crippen MR) is 88.9 cm³/mol. The maximum atomic E-state index is 12.3. The molecule has 1 saturated carbocycles. The molecule has 1 saturated heterocycles. The molecule has 6 nitrogen and oxygen atoms in total. The molecule has 0 bridgehead atoms. The van der Waals surface area contributed by atoms with Crippen LogP contribution in [-0.2, 0) is 9.59 Å². The first-order valence-corrected chi connectivity index (χ1v) is 8.80. The van der Waals surface area contributed by atoms with E-state index in [9.17, 15) is 14.7 Å². The van der Waals surface area contributed by atoms with Gasteiger partial charge in [-0.3, -0.25) is 14.6 Å². The fourth-order valence-electron chi connectivity index (χ4n) is 3.29. The van der Waals surface area contributed by atoms with E-state index in [-0.39, 0.29) is 30.2 Å². The van der Waals surface area contributed by atoms with Crippen molar-refractivity contribution in [2.45, 2.75) is 38.2 Å². The molecule has 3 rings (SSSR count). The minimum Gasteiger partial charge on any atom is -0.385 e. The van der Waals surface area contributed by atoms with Gasteiger partial charge in [-0.05, 0) is 37.8 Å². The Balaban J connectivity index is 1.41. The largest absolute Gasteiger partial charge is 0.385 e. The zero-order valence-electron chi connectivity index (χ0n) is 13.9. The Morgan fingerprint density at radius 2 is 1.96 bits per heavy atom. The van der Waals surface area contributed by atoms with Gasteiger partial charge in [-0.1, -0.05) is 12.5 Å². The second kappa shape index (κ2) is 7.75. The van der Waals surface area contributed by atoms with Crippen LogP contribution < -0.4 is 5.32 Å². The molecule has 1 aromatic heterocycles. The van der Waals surface area contributed by atoms with E-state index in [0.29, 0.717) is 31.6 Å². The Hall–Kier alpha value is -1.95. The van der Waals surface area contributed by atoms with Gasteiger partial charge in [-0.25, -0.2) is 0 Å². The number of nitrogens with one attached hydrogen (secondary N) is 1. The van der Waals surface area contributed by atoms with Gasteiger partial charge >= 0.3 is 0 Å². The summed E-state index contributed by atoms with van der Waals surface area (Å²) >= 11 is 0. The first-order valence-electron chi connectivity index (χ1n) is 8.80. The van der Waals surface area contributed by atoms with Gasteiger partial charge in [0, 0.05) is 37.7 Å². The summed E-state index contributed by atoms with van der Waals surface area (Å²) in [5.41, 5.74) is 0.554. The minimum absolute atomic E-state index is 0.0410. The van der Waals surface area contributed by atoms with Crippen LogP contribution in [-0.4, -0.2) is 46.4 Å². The van der Waals surface area contributed by atoms with Crippen molar-refractivity contribution in [3.8, 4) is 0 Å². The van der Waals surface area contributed by atoms with E-state index < -0.39 is 6.10 Å². The van der Waals surface area contributed by atoms with E-state index in [1.165, 1.54) is 0 Å². The van der Waals surface area contributed by atoms with Crippen LogP contribution in [0.2, 0.25) is 0 Å². The maximum Gasteiger partial charge on any atom is 0.225 e. The van der Waals surface area contributed by atoms with E-state index in [2.05, 4.69) is 10.3 Å². The number of hydrogen-bond donors (Lipinski definition) is 2. The van der Waals surface area contributed by atoms with Crippen LogP contribution in [0.25, 0.3) is 0 Å². The molecule has 6 heteroatoms. The highest BCUT2D eigenvalue weighted by Gasteiger charge is 2.33. The van der Waals surface area contributed by atoms with E-state index in [1.54, 1.807) is 18.3 Å². The summed E-state index contributed by atoms with van der Waals surface area (Å²) in [4.78, 5) is 30.5. The summed E-state index contributed by atoms with van der Waals surface area (Å²) in [5.74, 6) is 0.377. The molecule has 2 heterocycles. The normalized spacial score (nSPS) is 20.3. The quantitative estimate of drug-likeness (QED) is 0.851. The number of aliphatic hydroxyl groups excluding tert-OH is 1. The van der Waals surface area contributed by atoms with E-state index >= 15 is 0 Å². The van der Waals surface area contributed by atoms with Gasteiger partial charge in [0.15, 0.2) is 0 Å². The van der Waals surface area contributed by atoms with Crippen LogP contribution in [0.15, 0.2) is 24.4 Å². The van der Waals surface area contributed by atoms with Gasteiger partial charge in [0.1, 0.15) is 6.10 Å². The van der Waals surface area contributed by atoms with Crippen molar-refractivity contribution in [1.82, 2.24) is 15.2 Å². The van der Waals surface area contributed by atoms with Gasteiger partial charge in [0.25, 0.3) is 0 Å². The number of aliphatic hydroxyl groups is 1. The molecule has 1 aromatic rings. The number of aromatic nitrogens is 1. The van der Waals surface area contributed by atoms with Crippen LogP contribution in [0, 0.1) is 11.8 Å². The van der Waals surface area contributed by atoms with Gasteiger partial charge in [-0.15, -0.1) is 0 Å². The van der Waals surface area contributed by atoms with Gasteiger partial charge in [0.2, 0.25) is 11.8 Å². The van der Waals surface area contributed by atoms with Crippen molar-refractivity contribution in [2.24, 2.45) is 11.8 Å². The highest BCUT2D eigenvalue weighted by Crippen LogP contribution is 2.30. The lowest BCUT2D eigenvalue weighted by atomic mass is 9.83. The molecule has 1 unspecified atom stereocenters. The fraction of sp³-hybridized carbons (Fsp3) is 0.611. The predicted octanol–water partition coefficient (Wildman–Crippen LogP) is 1.27. The maximum absolute atomic E-state index is 12.3. The Bertz CT molecular complexity index is 566. The molecular weight excluding hydrogens is 306 g/mol. The van der Waals surface area contributed by atoms with E-state index in [4.69, 9.17) is 0 Å². The molecule has 1 aliphatic heterocycles. The van der Waals surface area contributed by atoms with Crippen LogP contribution in [0.3, 0.4) is 0 Å². The number of pyridine rings is 1. The van der Waals surface area contributed by atoms with Crippen LogP contribution in [0.4, 0.5) is 0 Å². The lowest BCUT2D eigenvalue weighted by Gasteiger charge is -2.36. The molecule has 24 heavy (non-hydrogen) atoms. The Labute approximate surface area is 142 Å². The van der Waals surface area contributed by atoms with Gasteiger partial charge in [-0.2, -0.15) is 0 Å². The summed E-state index contributed by atoms with van der Waals surface area (Å²) in [6.07, 6.45) is 5.42. The third-order valence-electron chi connectivity index (χ3n) is 5.13. The molecule has 2 N–H and O–H groups in total.